The van der Waals surface area contributed by atoms with Crippen LogP contribution in [0.3, 0.4) is 0 Å². The lowest BCUT2D eigenvalue weighted by atomic mass is 9.81. The number of aliphatic hydroxyl groups is 1. The Morgan fingerprint density at radius 2 is 2.14 bits per heavy atom. The molecule has 4 aliphatic rings. The lowest BCUT2D eigenvalue weighted by Gasteiger charge is -2.53. The number of hydrogen-bond acceptors (Lipinski definition) is 5. The first-order valence-electron chi connectivity index (χ1n) is 10.3. The highest BCUT2D eigenvalue weighted by Gasteiger charge is 2.48. The van der Waals surface area contributed by atoms with Gasteiger partial charge in [-0.25, -0.2) is 0 Å². The normalized spacial score (nSPS) is 32.2. The summed E-state index contributed by atoms with van der Waals surface area (Å²) in [4.78, 5) is 13.8. The molecule has 0 saturated carbocycles. The molecule has 4 aliphatic heterocycles. The van der Waals surface area contributed by atoms with Crippen LogP contribution >= 0.6 is 11.3 Å². The Labute approximate surface area is 170 Å². The molecule has 4 saturated heterocycles. The zero-order chi connectivity index (χ0) is 19.6. The predicted octanol–water partition coefficient (Wildman–Crippen LogP) is 2.00. The summed E-state index contributed by atoms with van der Waals surface area (Å²) in [6.07, 6.45) is 4.91. The van der Waals surface area contributed by atoms with Gasteiger partial charge in [0.2, 0.25) is 0 Å². The van der Waals surface area contributed by atoms with Crippen LogP contribution < -0.4 is 5.32 Å². The molecule has 1 aromatic heterocycles. The van der Waals surface area contributed by atoms with Crippen molar-refractivity contribution in [1.29, 1.82) is 0 Å². The van der Waals surface area contributed by atoms with Gasteiger partial charge in [-0.05, 0) is 17.4 Å². The predicted molar refractivity (Wildman–Crippen MR) is 108 cm³/mol. The van der Waals surface area contributed by atoms with E-state index >= 15 is 0 Å². The van der Waals surface area contributed by atoms with E-state index in [9.17, 15) is 9.90 Å². The maximum Gasteiger partial charge on any atom is 0.258 e. The molecular weight excluding hydrogens is 376 g/mol. The molecule has 1 amide bonds. The first kappa shape index (κ1) is 20.0. The van der Waals surface area contributed by atoms with Crippen LogP contribution in [0.15, 0.2) is 30.2 Å². The molecule has 0 radical (unpaired) electrons. The number of quaternary nitrogens is 1. The van der Waals surface area contributed by atoms with E-state index in [4.69, 9.17) is 9.47 Å². The van der Waals surface area contributed by atoms with E-state index in [2.05, 4.69) is 11.9 Å². The van der Waals surface area contributed by atoms with E-state index in [0.717, 1.165) is 49.9 Å². The SMILES string of the molecule is C=CCC(O)(C(=O)N[C@H]1C[N+]2(CCC3OCCO3)CCC1CC2)c1cccs1. The smallest absolute Gasteiger partial charge is 0.258 e. The van der Waals surface area contributed by atoms with Gasteiger partial charge in [-0.15, -0.1) is 17.9 Å². The maximum absolute atomic E-state index is 13.1. The number of carbonyl (C=O) groups excluding carboxylic acids is 1. The third-order valence-electron chi connectivity index (χ3n) is 6.69. The van der Waals surface area contributed by atoms with Gasteiger partial charge in [0.1, 0.15) is 0 Å². The number of carbonyl (C=O) groups is 1. The molecule has 0 aromatic carbocycles. The van der Waals surface area contributed by atoms with Gasteiger partial charge in [-0.3, -0.25) is 4.79 Å². The Bertz CT molecular complexity index is 681. The number of nitrogens with one attached hydrogen (secondary N) is 1. The highest BCUT2D eigenvalue weighted by Crippen LogP contribution is 2.36. The van der Waals surface area contributed by atoms with Crippen LogP contribution in [0.4, 0.5) is 0 Å². The molecule has 1 aromatic rings. The van der Waals surface area contributed by atoms with Crippen molar-refractivity contribution < 1.29 is 23.9 Å². The number of rotatable bonds is 8. The fourth-order valence-electron chi connectivity index (χ4n) is 5.03. The van der Waals surface area contributed by atoms with Crippen molar-refractivity contribution in [2.24, 2.45) is 5.92 Å². The van der Waals surface area contributed by atoms with Gasteiger partial charge in [-0.1, -0.05) is 12.1 Å². The first-order chi connectivity index (χ1) is 13.5. The molecule has 5 heterocycles. The molecule has 6 nitrogen and oxygen atoms in total. The van der Waals surface area contributed by atoms with Gasteiger partial charge < -0.3 is 24.4 Å². The molecule has 2 N–H and O–H groups in total. The van der Waals surface area contributed by atoms with Gasteiger partial charge in [0.05, 0.1) is 45.4 Å². The zero-order valence-corrected chi connectivity index (χ0v) is 17.2. The fourth-order valence-corrected chi connectivity index (χ4v) is 5.87. The lowest BCUT2D eigenvalue weighted by molar-refractivity contribution is -0.944. The summed E-state index contributed by atoms with van der Waals surface area (Å²) in [5.41, 5.74) is -1.53. The van der Waals surface area contributed by atoms with Crippen LogP contribution in [0.2, 0.25) is 0 Å². The largest absolute Gasteiger partial charge is 0.374 e. The number of piperidine rings is 3. The number of hydrogen-bond donors (Lipinski definition) is 2. The van der Waals surface area contributed by atoms with E-state index in [0.29, 0.717) is 24.0 Å². The number of fused-ring (bicyclic) bond motifs is 3. The highest BCUT2D eigenvalue weighted by molar-refractivity contribution is 7.10. The van der Waals surface area contributed by atoms with Crippen LogP contribution in [0.1, 0.15) is 30.6 Å². The van der Waals surface area contributed by atoms with Crippen LogP contribution in [0, 0.1) is 5.92 Å². The standard InChI is InChI=1S/C21H30N2O4S/c1-2-8-21(25,18-4-3-14-28-18)20(24)22-17-15-23(9-5-16(17)6-10-23)11-7-19-26-12-13-27-19/h2-4,14,16-17,19,25H,1,5-13,15H2/p+1/t16?,17-,21?,23?/m0/s1. The minimum atomic E-state index is -1.53. The van der Waals surface area contributed by atoms with Gasteiger partial charge in [0, 0.05) is 30.6 Å². The Morgan fingerprint density at radius 1 is 1.39 bits per heavy atom. The summed E-state index contributed by atoms with van der Waals surface area (Å²) < 4.78 is 12.2. The third-order valence-corrected chi connectivity index (χ3v) is 7.71. The topological polar surface area (TPSA) is 67.8 Å². The van der Waals surface area contributed by atoms with Crippen LogP contribution in [-0.4, -0.2) is 67.2 Å². The second-order valence-electron chi connectivity index (χ2n) is 8.40. The molecule has 2 bridgehead atoms. The maximum atomic E-state index is 13.1. The number of amides is 1. The fraction of sp³-hybridized carbons (Fsp3) is 0.667. The second kappa shape index (κ2) is 8.24. The first-order valence-corrected chi connectivity index (χ1v) is 11.2. The van der Waals surface area contributed by atoms with Crippen molar-refractivity contribution in [3.63, 3.8) is 0 Å². The Balaban J connectivity index is 1.42. The van der Waals surface area contributed by atoms with Crippen LogP contribution in [0.25, 0.3) is 0 Å². The van der Waals surface area contributed by atoms with E-state index in [1.54, 1.807) is 6.08 Å². The summed E-state index contributed by atoms with van der Waals surface area (Å²) >= 11 is 1.41. The van der Waals surface area contributed by atoms with Crippen molar-refractivity contribution in [1.82, 2.24) is 5.32 Å². The summed E-state index contributed by atoms with van der Waals surface area (Å²) in [6.45, 7) is 9.38. The van der Waals surface area contributed by atoms with Crippen molar-refractivity contribution in [3.8, 4) is 0 Å². The Morgan fingerprint density at radius 3 is 2.79 bits per heavy atom. The summed E-state index contributed by atoms with van der Waals surface area (Å²) in [5.74, 6) is 0.202. The molecule has 1 unspecified atom stereocenters. The van der Waals surface area contributed by atoms with Crippen LogP contribution in [-0.2, 0) is 19.9 Å². The number of thiophene rings is 1. The third kappa shape index (κ3) is 3.91. The zero-order valence-electron chi connectivity index (χ0n) is 16.3. The van der Waals surface area contributed by atoms with Gasteiger partial charge >= 0.3 is 0 Å². The summed E-state index contributed by atoms with van der Waals surface area (Å²) in [5, 5.41) is 16.2. The average Bonchev–Trinajstić information content (AvgIpc) is 3.42. The van der Waals surface area contributed by atoms with Crippen molar-refractivity contribution in [2.75, 3.05) is 39.4 Å². The van der Waals surface area contributed by atoms with E-state index < -0.39 is 5.60 Å². The lowest BCUT2D eigenvalue weighted by Crippen LogP contribution is -2.68. The van der Waals surface area contributed by atoms with E-state index in [1.165, 1.54) is 11.3 Å². The van der Waals surface area contributed by atoms with Gasteiger partial charge in [0.15, 0.2) is 11.9 Å². The molecule has 7 heteroatoms. The summed E-state index contributed by atoms with van der Waals surface area (Å²) in [6, 6.07) is 3.79. The number of ether oxygens (including phenoxy) is 2. The van der Waals surface area contributed by atoms with Crippen molar-refractivity contribution in [3.05, 3.63) is 35.0 Å². The number of nitrogens with zero attached hydrogens (tertiary/aromatic N) is 1. The molecule has 28 heavy (non-hydrogen) atoms. The molecule has 4 fully saturated rings. The van der Waals surface area contributed by atoms with Crippen molar-refractivity contribution >= 4 is 17.2 Å². The van der Waals surface area contributed by atoms with Crippen LogP contribution in [0.5, 0.6) is 0 Å². The van der Waals surface area contributed by atoms with Gasteiger partial charge in [-0.2, -0.15) is 0 Å². The Hall–Kier alpha value is -1.25. The molecular formula is C21H31N2O4S+. The van der Waals surface area contributed by atoms with Crippen molar-refractivity contribution in [2.45, 2.75) is 43.6 Å². The van der Waals surface area contributed by atoms with Gasteiger partial charge in [0.25, 0.3) is 5.91 Å². The van der Waals surface area contributed by atoms with E-state index in [-0.39, 0.29) is 24.7 Å². The summed E-state index contributed by atoms with van der Waals surface area (Å²) in [7, 11) is 0. The monoisotopic (exact) mass is 407 g/mol. The molecule has 154 valence electrons. The average molecular weight is 408 g/mol. The second-order valence-corrected chi connectivity index (χ2v) is 9.35. The minimum absolute atomic E-state index is 0.0725. The highest BCUT2D eigenvalue weighted by atomic mass is 32.1. The molecule has 0 aliphatic carbocycles. The minimum Gasteiger partial charge on any atom is -0.374 e. The molecule has 0 spiro atoms. The Kier molecular flexibility index (Phi) is 5.90. The molecule has 2 atom stereocenters. The van der Waals surface area contributed by atoms with E-state index in [1.807, 2.05) is 17.5 Å². The quantitative estimate of drug-likeness (QED) is 0.511. The molecule has 5 rings (SSSR count).